The molecule has 0 saturated heterocycles. The van der Waals surface area contributed by atoms with Crippen molar-refractivity contribution < 1.29 is 57.5 Å². The smallest absolute Gasteiger partial charge is 0.221 e. The van der Waals surface area contributed by atoms with Crippen LogP contribution in [0.1, 0.15) is 20.8 Å². The Labute approximate surface area is 178 Å². The third-order valence-electron chi connectivity index (χ3n) is 2.36. The van der Waals surface area contributed by atoms with Gasteiger partial charge in [-0.15, -0.1) is 0 Å². The number of carbonyl (C=O) groups is 2. The average Bonchev–Trinajstić information content (AvgIpc) is 2.51. The van der Waals surface area contributed by atoms with Crippen molar-refractivity contribution in [3.05, 3.63) is 48.5 Å². The number of hydrogen-bond donors (Lipinski definition) is 4. The van der Waals surface area contributed by atoms with Crippen molar-refractivity contribution in [1.82, 2.24) is 0 Å². The van der Waals surface area contributed by atoms with Crippen LogP contribution in [-0.4, -0.2) is 29.0 Å². The molecule has 0 unspecified atom stereocenters. The maximum atomic E-state index is 10.7. The number of rotatable bonds is 2. The molecule has 0 spiro atoms. The van der Waals surface area contributed by atoms with Crippen LogP contribution in [0, 0.1) is 37.7 Å². The van der Waals surface area contributed by atoms with Crippen molar-refractivity contribution in [2.45, 2.75) is 20.8 Å². The summed E-state index contributed by atoms with van der Waals surface area (Å²) in [4.78, 5) is 20.2. The van der Waals surface area contributed by atoms with Gasteiger partial charge in [0.1, 0.15) is 17.3 Å². The van der Waals surface area contributed by atoms with Crippen LogP contribution in [0.5, 0.6) is 11.5 Å². The van der Waals surface area contributed by atoms with Gasteiger partial charge in [0.2, 0.25) is 5.91 Å². The Balaban J connectivity index is 0. The predicted molar refractivity (Wildman–Crippen MR) is 96.4 cm³/mol. The molecule has 0 radical (unpaired) electrons. The Morgan fingerprint density at radius 2 is 1.16 bits per heavy atom. The zero-order valence-corrected chi connectivity index (χ0v) is 15.4. The van der Waals surface area contributed by atoms with Crippen LogP contribution in [-0.2, 0) is 9.59 Å². The quantitative estimate of drug-likeness (QED) is 0.479. The van der Waals surface area contributed by atoms with E-state index in [4.69, 9.17) is 0 Å². The third-order valence-corrected chi connectivity index (χ3v) is 2.36. The molecule has 0 bridgehead atoms. The number of benzene rings is 2. The van der Waals surface area contributed by atoms with E-state index < -0.39 is 0 Å². The summed E-state index contributed by atoms with van der Waals surface area (Å²) in [5.74, 6) is -0.358. The number of phenolic OH excluding ortho intramolecular Hbond substituents is 2. The fraction of sp³-hybridized carbons (Fsp3) is 0.222. The van der Waals surface area contributed by atoms with E-state index in [0.717, 1.165) is 6.07 Å². The second-order valence-electron chi connectivity index (χ2n) is 4.88. The molecular formula is C18H24ArN2O4. The molecule has 0 saturated carbocycles. The first-order valence-electron chi connectivity index (χ1n) is 7.26. The molecule has 0 aliphatic rings. The second kappa shape index (κ2) is 14.6. The summed E-state index contributed by atoms with van der Waals surface area (Å²) in [5, 5.41) is 23.8. The molecule has 2 aromatic rings. The molecule has 2 aromatic carbocycles. The Morgan fingerprint density at radius 1 is 0.800 bits per heavy atom. The van der Waals surface area contributed by atoms with E-state index in [0.29, 0.717) is 5.69 Å². The van der Waals surface area contributed by atoms with Crippen molar-refractivity contribution in [1.29, 1.82) is 0 Å². The van der Waals surface area contributed by atoms with Crippen LogP contribution in [0.15, 0.2) is 48.5 Å². The molecule has 0 fully saturated rings. The van der Waals surface area contributed by atoms with Gasteiger partial charge in [-0.1, -0.05) is 36.4 Å². The number of nitrogens with one attached hydrogen (secondary N) is 2. The van der Waals surface area contributed by atoms with Crippen molar-refractivity contribution in [3.8, 4) is 11.5 Å². The predicted octanol–water partition coefficient (Wildman–Crippen LogP) is 3.38. The fourth-order valence-electron chi connectivity index (χ4n) is 1.45. The summed E-state index contributed by atoms with van der Waals surface area (Å²) >= 11 is 0. The SMILES string of the molecule is CC(C)=O.CNc1cc(NC(C)=O)c(O)cc1O.[Ar].c1ccccc1. The van der Waals surface area contributed by atoms with E-state index in [9.17, 15) is 19.8 Å². The molecule has 7 heteroatoms. The van der Waals surface area contributed by atoms with Gasteiger partial charge in [-0.25, -0.2) is 0 Å². The Kier molecular flexibility index (Phi) is 14.9. The number of hydrogen-bond acceptors (Lipinski definition) is 5. The van der Waals surface area contributed by atoms with Crippen LogP contribution < -0.4 is 10.6 Å². The van der Waals surface area contributed by atoms with Crippen molar-refractivity contribution in [3.63, 3.8) is 0 Å². The van der Waals surface area contributed by atoms with Gasteiger partial charge < -0.3 is 25.6 Å². The molecule has 0 aliphatic heterocycles. The molecule has 4 N–H and O–H groups in total. The molecular weight excluding hydrogens is 348 g/mol. The van der Waals surface area contributed by atoms with Crippen molar-refractivity contribution in [2.75, 3.05) is 17.7 Å². The molecule has 1 amide bonds. The van der Waals surface area contributed by atoms with E-state index in [-0.39, 0.29) is 66.6 Å². The molecule has 0 aliphatic carbocycles. The molecule has 138 valence electrons. The van der Waals surface area contributed by atoms with Crippen LogP contribution in [0.4, 0.5) is 11.4 Å². The zero-order valence-electron chi connectivity index (χ0n) is 14.7. The Bertz CT molecular complexity index is 618. The average molecular weight is 372 g/mol. The van der Waals surface area contributed by atoms with Gasteiger partial charge in [0.05, 0.1) is 11.4 Å². The number of anilines is 2. The minimum Gasteiger partial charge on any atom is -0.506 e. The van der Waals surface area contributed by atoms with Crippen LogP contribution >= 0.6 is 0 Å². The van der Waals surface area contributed by atoms with Gasteiger partial charge in [-0.2, -0.15) is 0 Å². The van der Waals surface area contributed by atoms with Crippen LogP contribution in [0.25, 0.3) is 0 Å². The first-order chi connectivity index (χ1) is 11.3. The first kappa shape index (κ1) is 25.5. The number of ketones is 1. The van der Waals surface area contributed by atoms with Crippen LogP contribution in [0.3, 0.4) is 0 Å². The van der Waals surface area contributed by atoms with Crippen molar-refractivity contribution in [2.24, 2.45) is 0 Å². The summed E-state index contributed by atoms with van der Waals surface area (Å²) in [7, 11) is 1.63. The molecule has 25 heavy (non-hydrogen) atoms. The Morgan fingerprint density at radius 3 is 1.48 bits per heavy atom. The monoisotopic (exact) mass is 372 g/mol. The maximum Gasteiger partial charge on any atom is 0.221 e. The minimum absolute atomic E-state index is 0. The van der Waals surface area contributed by atoms with Gasteiger partial charge in [0, 0.05) is 57.8 Å². The number of carbonyl (C=O) groups excluding carboxylic acids is 2. The molecule has 0 atom stereocenters. The summed E-state index contributed by atoms with van der Waals surface area (Å²) in [6.45, 7) is 4.39. The van der Waals surface area contributed by atoms with Gasteiger partial charge in [-0.3, -0.25) is 4.79 Å². The summed E-state index contributed by atoms with van der Waals surface area (Å²) in [5.41, 5.74) is 0.700. The third kappa shape index (κ3) is 13.2. The molecule has 0 heterocycles. The number of amides is 1. The number of Topliss-reactive ketones (excluding diaryl/α,β-unsaturated/α-hetero) is 1. The second-order valence-corrected chi connectivity index (χ2v) is 4.88. The topological polar surface area (TPSA) is 98.7 Å². The van der Waals surface area contributed by atoms with E-state index in [1.54, 1.807) is 7.05 Å². The molecule has 0 aromatic heterocycles. The van der Waals surface area contributed by atoms with Gasteiger partial charge >= 0.3 is 0 Å². The first-order valence-corrected chi connectivity index (χ1v) is 7.26. The van der Waals surface area contributed by atoms with E-state index in [1.807, 2.05) is 36.4 Å². The zero-order chi connectivity index (χ0) is 18.5. The summed E-state index contributed by atoms with van der Waals surface area (Å²) < 4.78 is 0. The van der Waals surface area contributed by atoms with E-state index in [1.165, 1.54) is 26.8 Å². The molecule has 2 rings (SSSR count). The standard InChI is InChI=1S/C9H12N2O3.C6H6.C3H6O.Ar/c1-5(12)11-7-3-6(10-2)8(13)4-9(7)14;1-2-4-6-5-3-1;1-3(2)4;/h3-4,10,13-14H,1-2H3,(H,11,12);1-6H;1-2H3;. The van der Waals surface area contributed by atoms with Gasteiger partial charge in [0.25, 0.3) is 0 Å². The largest absolute Gasteiger partial charge is 0.506 e. The van der Waals surface area contributed by atoms with E-state index >= 15 is 0 Å². The summed E-state index contributed by atoms with van der Waals surface area (Å²) in [6.07, 6.45) is 0. The van der Waals surface area contributed by atoms with Gasteiger partial charge in [-0.05, 0) is 19.9 Å². The summed E-state index contributed by atoms with van der Waals surface area (Å²) in [6, 6.07) is 14.6. The maximum absolute atomic E-state index is 10.7. The fourth-order valence-corrected chi connectivity index (χ4v) is 1.45. The normalized spacial score (nSPS) is 8.32. The van der Waals surface area contributed by atoms with E-state index in [2.05, 4.69) is 10.6 Å². The minimum atomic E-state index is -0.284. The van der Waals surface area contributed by atoms with Crippen molar-refractivity contribution >= 4 is 23.1 Å². The number of aromatic hydroxyl groups is 2. The Hall–Kier alpha value is -1.76. The van der Waals surface area contributed by atoms with Crippen LogP contribution in [0.2, 0.25) is 0 Å². The van der Waals surface area contributed by atoms with Gasteiger partial charge in [0.15, 0.2) is 0 Å². The number of phenols is 2. The molecule has 6 nitrogen and oxygen atoms in total.